The molecule has 0 radical (unpaired) electrons. The molecule has 1 rings (SSSR count). The Hall–Kier alpha value is -1.62. The highest BCUT2D eigenvalue weighted by Gasteiger charge is 2.06. The molecule has 0 spiro atoms. The molecule has 94 valence electrons. The fraction of sp³-hybridized carbons (Fsp3) is 0.417. The molecule has 0 aromatic heterocycles. The maximum atomic E-state index is 13.7. The quantitative estimate of drug-likeness (QED) is 0.327. The number of aryl methyl sites for hydroxylation is 1. The largest absolute Gasteiger partial charge is 0.323 e. The second kappa shape index (κ2) is 6.20. The number of nitrogens with two attached hydrogens (primary N) is 1. The third-order valence-corrected chi connectivity index (χ3v) is 2.20. The first-order valence-electron chi connectivity index (χ1n) is 5.57. The zero-order valence-electron chi connectivity index (χ0n) is 10.4. The summed E-state index contributed by atoms with van der Waals surface area (Å²) >= 11 is 0. The molecule has 1 aromatic carbocycles. The van der Waals surface area contributed by atoms with Crippen LogP contribution in [0.5, 0.6) is 0 Å². The van der Waals surface area contributed by atoms with Gasteiger partial charge in [-0.05, 0) is 24.5 Å². The number of hydrogen-bond acceptors (Lipinski definition) is 2. The summed E-state index contributed by atoms with van der Waals surface area (Å²) in [5, 5.41) is 2.83. The van der Waals surface area contributed by atoms with Gasteiger partial charge in [0.1, 0.15) is 5.82 Å². The molecule has 1 aromatic rings. The van der Waals surface area contributed by atoms with E-state index in [2.05, 4.69) is 15.7 Å². The van der Waals surface area contributed by atoms with Gasteiger partial charge in [-0.1, -0.05) is 26.0 Å². The van der Waals surface area contributed by atoms with E-state index in [0.29, 0.717) is 29.7 Å². The monoisotopic (exact) mass is 238 g/mol. The summed E-state index contributed by atoms with van der Waals surface area (Å²) in [7, 11) is 0. The van der Waals surface area contributed by atoms with Crippen LogP contribution in [0.3, 0.4) is 0 Å². The van der Waals surface area contributed by atoms with Crippen LogP contribution in [0.2, 0.25) is 0 Å². The van der Waals surface area contributed by atoms with Gasteiger partial charge in [0.2, 0.25) is 5.96 Å². The van der Waals surface area contributed by atoms with Crippen molar-refractivity contribution in [2.45, 2.75) is 20.8 Å². The number of halogens is 1. The Labute approximate surface area is 101 Å². The lowest BCUT2D eigenvalue weighted by molar-refractivity contribution is 0.622. The van der Waals surface area contributed by atoms with E-state index in [1.54, 1.807) is 25.1 Å². The van der Waals surface area contributed by atoms with Gasteiger partial charge in [-0.15, -0.1) is 0 Å². The number of hydrazine groups is 1. The van der Waals surface area contributed by atoms with Crippen molar-refractivity contribution in [2.75, 3.05) is 11.9 Å². The molecule has 0 bridgehead atoms. The van der Waals surface area contributed by atoms with Gasteiger partial charge in [0, 0.05) is 6.54 Å². The van der Waals surface area contributed by atoms with E-state index in [9.17, 15) is 4.39 Å². The maximum Gasteiger partial charge on any atom is 0.210 e. The van der Waals surface area contributed by atoms with Crippen molar-refractivity contribution in [3.8, 4) is 0 Å². The van der Waals surface area contributed by atoms with Crippen LogP contribution >= 0.6 is 0 Å². The summed E-state index contributed by atoms with van der Waals surface area (Å²) in [4.78, 5) is 4.21. The molecule has 0 heterocycles. The number of aliphatic imine (C=N–C) groups is 1. The number of hydrogen-bond donors (Lipinski definition) is 3. The first-order valence-corrected chi connectivity index (χ1v) is 5.57. The van der Waals surface area contributed by atoms with Gasteiger partial charge < -0.3 is 5.32 Å². The molecule has 0 amide bonds. The van der Waals surface area contributed by atoms with Crippen molar-refractivity contribution < 1.29 is 4.39 Å². The molecule has 0 aliphatic heterocycles. The number of nitrogens with one attached hydrogen (secondary N) is 2. The van der Waals surface area contributed by atoms with Crippen LogP contribution in [0.15, 0.2) is 23.2 Å². The Morgan fingerprint density at radius 2 is 2.18 bits per heavy atom. The van der Waals surface area contributed by atoms with E-state index in [1.165, 1.54) is 0 Å². The topological polar surface area (TPSA) is 62.4 Å². The summed E-state index contributed by atoms with van der Waals surface area (Å²) in [6.07, 6.45) is 0. The molecule has 0 unspecified atom stereocenters. The van der Waals surface area contributed by atoms with Gasteiger partial charge >= 0.3 is 0 Å². The zero-order valence-corrected chi connectivity index (χ0v) is 10.4. The lowest BCUT2D eigenvalue weighted by Crippen LogP contribution is -2.36. The number of nitrogens with zero attached hydrogens (tertiary/aromatic N) is 1. The summed E-state index contributed by atoms with van der Waals surface area (Å²) in [5.74, 6) is 5.82. The van der Waals surface area contributed by atoms with E-state index in [-0.39, 0.29) is 5.82 Å². The Balaban J connectivity index is 2.81. The first-order chi connectivity index (χ1) is 8.04. The summed E-state index contributed by atoms with van der Waals surface area (Å²) in [5.41, 5.74) is 3.37. The Morgan fingerprint density at radius 3 is 2.76 bits per heavy atom. The van der Waals surface area contributed by atoms with Crippen LogP contribution in [0.25, 0.3) is 0 Å². The van der Waals surface area contributed by atoms with E-state index in [0.717, 1.165) is 0 Å². The van der Waals surface area contributed by atoms with Crippen LogP contribution < -0.4 is 16.6 Å². The van der Waals surface area contributed by atoms with Crippen LogP contribution in [-0.2, 0) is 0 Å². The SMILES string of the molecule is Cc1cccc(NC(=NCC(C)C)NN)c1F. The molecule has 0 fully saturated rings. The second-order valence-corrected chi connectivity index (χ2v) is 4.29. The molecule has 4 N–H and O–H groups in total. The second-order valence-electron chi connectivity index (χ2n) is 4.29. The predicted octanol–water partition coefficient (Wildman–Crippen LogP) is 2.02. The van der Waals surface area contributed by atoms with Crippen molar-refractivity contribution in [3.05, 3.63) is 29.6 Å². The molecular weight excluding hydrogens is 219 g/mol. The fourth-order valence-corrected chi connectivity index (χ4v) is 1.27. The number of anilines is 1. The molecular formula is C12H19FN4. The minimum absolute atomic E-state index is 0.292. The molecule has 5 heteroatoms. The smallest absolute Gasteiger partial charge is 0.210 e. The van der Waals surface area contributed by atoms with Gasteiger partial charge in [0.25, 0.3) is 0 Å². The molecule has 0 saturated heterocycles. The predicted molar refractivity (Wildman–Crippen MR) is 69.2 cm³/mol. The van der Waals surface area contributed by atoms with Crippen LogP contribution in [0.4, 0.5) is 10.1 Å². The van der Waals surface area contributed by atoms with E-state index in [1.807, 2.05) is 13.8 Å². The molecule has 0 aliphatic carbocycles. The van der Waals surface area contributed by atoms with Crippen molar-refractivity contribution in [1.82, 2.24) is 5.43 Å². The van der Waals surface area contributed by atoms with Gasteiger partial charge in [0.15, 0.2) is 0 Å². The van der Waals surface area contributed by atoms with Gasteiger partial charge in [0.05, 0.1) is 5.69 Å². The Kier molecular flexibility index (Phi) is 4.90. The average Bonchev–Trinajstić information content (AvgIpc) is 2.29. The van der Waals surface area contributed by atoms with E-state index in [4.69, 9.17) is 5.84 Å². The fourth-order valence-electron chi connectivity index (χ4n) is 1.27. The highest BCUT2D eigenvalue weighted by Crippen LogP contribution is 2.16. The van der Waals surface area contributed by atoms with Crippen molar-refractivity contribution in [2.24, 2.45) is 16.8 Å². The molecule has 4 nitrogen and oxygen atoms in total. The minimum atomic E-state index is -0.292. The van der Waals surface area contributed by atoms with Crippen molar-refractivity contribution in [1.29, 1.82) is 0 Å². The van der Waals surface area contributed by atoms with Gasteiger partial charge in [-0.25, -0.2) is 10.2 Å². The van der Waals surface area contributed by atoms with Crippen LogP contribution in [-0.4, -0.2) is 12.5 Å². The van der Waals surface area contributed by atoms with Crippen LogP contribution in [0.1, 0.15) is 19.4 Å². The highest BCUT2D eigenvalue weighted by atomic mass is 19.1. The van der Waals surface area contributed by atoms with Crippen molar-refractivity contribution in [3.63, 3.8) is 0 Å². The number of benzene rings is 1. The summed E-state index contributed by atoms with van der Waals surface area (Å²) in [6.45, 7) is 6.43. The van der Waals surface area contributed by atoms with E-state index >= 15 is 0 Å². The number of guanidine groups is 1. The first kappa shape index (κ1) is 13.4. The molecule has 0 aliphatic rings. The van der Waals surface area contributed by atoms with Gasteiger partial charge in [-0.2, -0.15) is 0 Å². The Morgan fingerprint density at radius 1 is 1.47 bits per heavy atom. The Bertz CT molecular complexity index is 401. The summed E-state index contributed by atoms with van der Waals surface area (Å²) < 4.78 is 13.7. The standard InChI is InChI=1S/C12H19FN4/c1-8(2)7-15-12(17-14)16-10-6-4-5-9(3)11(10)13/h4-6,8H,7,14H2,1-3H3,(H2,15,16,17). The molecule has 17 heavy (non-hydrogen) atoms. The van der Waals surface area contributed by atoms with Crippen molar-refractivity contribution >= 4 is 11.6 Å². The highest BCUT2D eigenvalue weighted by molar-refractivity contribution is 5.93. The normalized spacial score (nSPS) is 11.8. The minimum Gasteiger partial charge on any atom is -0.323 e. The number of rotatable bonds is 3. The van der Waals surface area contributed by atoms with Gasteiger partial charge in [-0.3, -0.25) is 10.4 Å². The van der Waals surface area contributed by atoms with Crippen LogP contribution in [0, 0.1) is 18.7 Å². The third kappa shape index (κ3) is 4.03. The van der Waals surface area contributed by atoms with E-state index < -0.39 is 0 Å². The maximum absolute atomic E-state index is 13.7. The molecule has 0 atom stereocenters. The lowest BCUT2D eigenvalue weighted by atomic mass is 10.2. The lowest BCUT2D eigenvalue weighted by Gasteiger charge is -2.11. The zero-order chi connectivity index (χ0) is 12.8. The summed E-state index contributed by atoms with van der Waals surface area (Å²) in [6, 6.07) is 5.13. The molecule has 0 saturated carbocycles. The third-order valence-electron chi connectivity index (χ3n) is 2.20. The average molecular weight is 238 g/mol.